The summed E-state index contributed by atoms with van der Waals surface area (Å²) in [6.45, 7) is 0. The van der Waals surface area contributed by atoms with Gasteiger partial charge in [-0.15, -0.1) is 0 Å². The summed E-state index contributed by atoms with van der Waals surface area (Å²) in [6.07, 6.45) is 10.0. The average Bonchev–Trinajstić information content (AvgIpc) is 1.70. The number of hydrogen-bond donors (Lipinski definition) is 7. The number of aromatic nitrogens is 8. The van der Waals surface area contributed by atoms with Crippen molar-refractivity contribution in [2.45, 2.75) is 35.5 Å². The Bertz CT molecular complexity index is 4830. The monoisotopic (exact) mass is 1220 g/mol. The van der Waals surface area contributed by atoms with Crippen LogP contribution in [0.25, 0.3) is 56.0 Å². The van der Waals surface area contributed by atoms with Crippen molar-refractivity contribution in [2.75, 3.05) is 23.0 Å². The molecular formula is C63H52FN13O9S2. The first kappa shape index (κ1) is 58.8. The minimum Gasteiger partial charge on any atom is -0.463 e. The zero-order valence-corrected chi connectivity index (χ0v) is 48.1. The van der Waals surface area contributed by atoms with Crippen molar-refractivity contribution in [3.63, 3.8) is 0 Å². The summed E-state index contributed by atoms with van der Waals surface area (Å²) in [6, 6.07) is 48.6. The highest BCUT2D eigenvalue weighted by Gasteiger charge is 2.27. The van der Waals surface area contributed by atoms with Gasteiger partial charge in [0.05, 0.1) is 60.8 Å². The number of carbonyl (C=O) groups excluding carboxylic acids is 3. The number of nitrogens with one attached hydrogen (secondary N) is 6. The lowest BCUT2D eigenvalue weighted by atomic mass is 9.95. The van der Waals surface area contributed by atoms with Crippen molar-refractivity contribution in [1.82, 2.24) is 44.2 Å². The van der Waals surface area contributed by atoms with Gasteiger partial charge in [0.1, 0.15) is 11.5 Å². The van der Waals surface area contributed by atoms with Gasteiger partial charge in [0, 0.05) is 57.9 Å². The van der Waals surface area contributed by atoms with Crippen LogP contribution in [0.1, 0.15) is 55.3 Å². The molecule has 6 aromatic carbocycles. The Balaban J connectivity index is 0.000000136. The maximum absolute atomic E-state index is 13.3. The maximum Gasteiger partial charge on any atom is 0.323 e. The second-order valence-electron chi connectivity index (χ2n) is 19.8. The number of primary sulfonamides is 1. The average molecular weight is 1220 g/mol. The van der Waals surface area contributed by atoms with Crippen LogP contribution in [-0.2, 0) is 32.9 Å². The molecule has 22 nitrogen and oxygen atoms in total. The first-order valence-corrected chi connectivity index (χ1v) is 30.2. The second-order valence-corrected chi connectivity index (χ2v) is 23.3. The lowest BCUT2D eigenvalue weighted by molar-refractivity contribution is 0.101. The molecule has 8 N–H and O–H groups in total. The molecule has 0 radical (unpaired) electrons. The van der Waals surface area contributed by atoms with Gasteiger partial charge in [-0.1, -0.05) is 36.4 Å². The van der Waals surface area contributed by atoms with E-state index >= 15 is 0 Å². The Kier molecular flexibility index (Phi) is 16.9. The van der Waals surface area contributed by atoms with Crippen molar-refractivity contribution < 1.29 is 40.0 Å². The van der Waals surface area contributed by atoms with E-state index < -0.39 is 26.0 Å². The van der Waals surface area contributed by atoms with E-state index in [-0.39, 0.29) is 33.1 Å². The lowest BCUT2D eigenvalue weighted by Crippen LogP contribution is -2.18. The number of fused-ring (bicyclic) bond motifs is 3. The molecule has 6 heterocycles. The fraction of sp³-hybridized carbons (Fsp3) is 0.0794. The molecule has 1 aliphatic rings. The third-order valence-electron chi connectivity index (χ3n) is 14.0. The van der Waals surface area contributed by atoms with Gasteiger partial charge in [-0.25, -0.2) is 50.2 Å². The Labute approximate surface area is 501 Å². The number of imidazole rings is 1. The molecule has 25 heteroatoms. The fourth-order valence-corrected chi connectivity index (χ4v) is 11.0. The van der Waals surface area contributed by atoms with Gasteiger partial charge in [-0.3, -0.25) is 19.4 Å². The second kappa shape index (κ2) is 25.3. The third-order valence-corrected chi connectivity index (χ3v) is 16.4. The quantitative estimate of drug-likeness (QED) is 0.0566. The van der Waals surface area contributed by atoms with E-state index in [1.807, 2.05) is 66.7 Å². The molecule has 0 spiro atoms. The summed E-state index contributed by atoms with van der Waals surface area (Å²) in [5, 5.41) is 23.3. The molecule has 0 fully saturated rings. The minimum absolute atomic E-state index is 0.0338. The highest BCUT2D eigenvalue weighted by molar-refractivity contribution is 7.89. The first-order chi connectivity index (χ1) is 42.5. The molecule has 6 aromatic heterocycles. The number of rotatable bonds is 13. The number of furan rings is 1. The van der Waals surface area contributed by atoms with Crippen LogP contribution in [0.3, 0.4) is 0 Å². The molecular weight excluding hydrogens is 1170 g/mol. The number of hydrogen-bond acceptors (Lipinski definition) is 13. The molecule has 3 amide bonds. The molecule has 0 bridgehead atoms. The predicted molar refractivity (Wildman–Crippen MR) is 330 cm³/mol. The summed E-state index contributed by atoms with van der Waals surface area (Å²) in [4.78, 5) is 64.7. The van der Waals surface area contributed by atoms with Crippen LogP contribution in [0, 0.1) is 5.82 Å². The van der Waals surface area contributed by atoms with E-state index in [0.717, 1.165) is 59.1 Å². The van der Waals surface area contributed by atoms with Crippen LogP contribution in [0.15, 0.2) is 220 Å². The maximum atomic E-state index is 13.3. The van der Waals surface area contributed by atoms with E-state index in [2.05, 4.69) is 50.8 Å². The smallest absolute Gasteiger partial charge is 0.323 e. The van der Waals surface area contributed by atoms with E-state index in [1.165, 1.54) is 74.0 Å². The number of anilines is 3. The molecule has 0 aliphatic heterocycles. The van der Waals surface area contributed by atoms with E-state index in [0.29, 0.717) is 67.8 Å². The van der Waals surface area contributed by atoms with Gasteiger partial charge >= 0.3 is 5.69 Å². The van der Waals surface area contributed by atoms with E-state index in [1.54, 1.807) is 76.5 Å². The highest BCUT2D eigenvalue weighted by atomic mass is 32.2. The number of carbonyl (C=O) groups is 3. The number of aromatic amines is 2. The zero-order valence-electron chi connectivity index (χ0n) is 46.5. The van der Waals surface area contributed by atoms with Gasteiger partial charge in [0.15, 0.2) is 11.5 Å². The van der Waals surface area contributed by atoms with Crippen molar-refractivity contribution in [2.24, 2.45) is 5.14 Å². The zero-order chi connectivity index (χ0) is 61.5. The number of para-hydroxylation sites is 2. The number of nitrogens with two attached hydrogens (primary N) is 1. The van der Waals surface area contributed by atoms with Gasteiger partial charge in [0.25, 0.3) is 17.7 Å². The van der Waals surface area contributed by atoms with Crippen molar-refractivity contribution in [1.29, 1.82) is 0 Å². The predicted octanol–water partition coefficient (Wildman–Crippen LogP) is 9.80. The SMILES string of the molecule is CNS(=O)(=O)c1ccc(NC(=O)c2cn(-c3ccccc3)nc2-c2ccco2)cc1.NS(=O)(=O)c1ccc(NC(=O)c2nn(-c3ccc(F)cc3)c3c2CCCC3)cc1.O=C(Nc1ccc2[nH]c(=O)[nH]c2c1)c1cc(-c2cccnc2)nc2ccccc12. The Morgan fingerprint density at radius 3 is 2.00 bits per heavy atom. The number of pyridine rings is 2. The van der Waals surface area contributed by atoms with Gasteiger partial charge in [-0.05, 0) is 172 Å². The molecule has 442 valence electrons. The largest absolute Gasteiger partial charge is 0.463 e. The van der Waals surface area contributed by atoms with Crippen molar-refractivity contribution in [3.05, 3.63) is 245 Å². The molecule has 12 aromatic rings. The van der Waals surface area contributed by atoms with Crippen LogP contribution in [0.2, 0.25) is 0 Å². The van der Waals surface area contributed by atoms with Crippen LogP contribution in [-0.4, -0.2) is 81.1 Å². The summed E-state index contributed by atoms with van der Waals surface area (Å²) in [7, 11) is -6.01. The highest BCUT2D eigenvalue weighted by Crippen LogP contribution is 2.30. The Morgan fingerprint density at radius 2 is 1.31 bits per heavy atom. The summed E-state index contributed by atoms with van der Waals surface area (Å²) in [5.41, 5.74) is 9.61. The number of amides is 3. The number of sulfonamides is 2. The molecule has 88 heavy (non-hydrogen) atoms. The minimum atomic E-state index is -3.80. The molecule has 0 atom stereocenters. The number of benzene rings is 6. The Morgan fingerprint density at radius 1 is 0.648 bits per heavy atom. The summed E-state index contributed by atoms with van der Waals surface area (Å²) < 4.78 is 70.7. The Hall–Kier alpha value is -11.0. The first-order valence-electron chi connectivity index (χ1n) is 27.2. The topological polar surface area (TPSA) is 317 Å². The normalized spacial score (nSPS) is 12.0. The molecule has 13 rings (SSSR count). The fourth-order valence-electron chi connectivity index (χ4n) is 9.71. The standard InChI is InChI=1S/C22H15N5O2.C21H18N4O4S.C20H19FN4O3S/c28-21(24-14-7-8-18-20(10-14)27-22(29)26-18)16-11-19(13-4-3-9-23-12-13)25-17-6-2-1-5-15(16)17;1-22-30(27,28)17-11-9-15(10-12-17)23-21(26)18-14-25(16-6-3-2-4-7-16)24-20(18)19-8-5-13-29-19;21-13-5-9-15(10-6-13)25-18-4-2-1-3-17(18)19(24-25)20(26)23-14-7-11-16(12-8-14)29(22,27)28/h1-12H,(H,24,28)(H2,26,27,29);2-14,22H,1H3,(H,23,26);5-12H,1-4H2,(H,23,26)(H2,22,27,28). The molecule has 0 saturated heterocycles. The lowest BCUT2D eigenvalue weighted by Gasteiger charge is -2.14. The van der Waals surface area contributed by atoms with E-state index in [9.17, 15) is 40.4 Å². The summed E-state index contributed by atoms with van der Waals surface area (Å²) >= 11 is 0. The van der Waals surface area contributed by atoms with Crippen LogP contribution in [0.4, 0.5) is 21.5 Å². The number of halogens is 1. The van der Waals surface area contributed by atoms with Gasteiger partial charge in [0.2, 0.25) is 20.0 Å². The van der Waals surface area contributed by atoms with Crippen molar-refractivity contribution in [3.8, 4) is 34.1 Å². The summed E-state index contributed by atoms with van der Waals surface area (Å²) in [5.74, 6) is -0.910. The molecule has 0 unspecified atom stereocenters. The van der Waals surface area contributed by atoms with Gasteiger partial charge < -0.3 is 30.3 Å². The number of nitrogens with zero attached hydrogens (tertiary/aromatic N) is 6. The molecule has 0 saturated carbocycles. The van der Waals surface area contributed by atoms with Crippen molar-refractivity contribution >= 4 is 76.8 Å². The van der Waals surface area contributed by atoms with Crippen LogP contribution >= 0.6 is 0 Å². The van der Waals surface area contributed by atoms with E-state index in [4.69, 9.17) is 9.56 Å². The third kappa shape index (κ3) is 13.3. The van der Waals surface area contributed by atoms with Crippen LogP contribution < -0.4 is 31.5 Å². The molecule has 1 aliphatic carbocycles. The van der Waals surface area contributed by atoms with Crippen LogP contribution in [0.5, 0.6) is 0 Å². The number of H-pyrrole nitrogens is 2. The van der Waals surface area contributed by atoms with Gasteiger partial charge in [-0.2, -0.15) is 10.2 Å².